The SMILES string of the molecule is C=Cc1c(CCCCCCCCC)cccc1C(=O)O. The number of unbranched alkanes of at least 4 members (excludes halogenated alkanes) is 6. The van der Waals surface area contributed by atoms with Crippen LogP contribution in [0.3, 0.4) is 0 Å². The third-order valence-electron chi connectivity index (χ3n) is 3.68. The summed E-state index contributed by atoms with van der Waals surface area (Å²) >= 11 is 0. The number of carboxylic acids is 1. The molecule has 0 bridgehead atoms. The van der Waals surface area contributed by atoms with Crippen molar-refractivity contribution in [2.24, 2.45) is 0 Å². The molecule has 20 heavy (non-hydrogen) atoms. The van der Waals surface area contributed by atoms with Gasteiger partial charge in [0.2, 0.25) is 0 Å². The molecule has 1 aromatic carbocycles. The van der Waals surface area contributed by atoms with Gasteiger partial charge < -0.3 is 5.11 Å². The van der Waals surface area contributed by atoms with Crippen LogP contribution < -0.4 is 0 Å². The van der Waals surface area contributed by atoms with Gasteiger partial charge in [0.25, 0.3) is 0 Å². The Hall–Kier alpha value is -1.57. The molecule has 0 aromatic heterocycles. The smallest absolute Gasteiger partial charge is 0.336 e. The van der Waals surface area contributed by atoms with E-state index in [0.717, 1.165) is 24.0 Å². The molecule has 0 aliphatic heterocycles. The van der Waals surface area contributed by atoms with E-state index >= 15 is 0 Å². The second-order valence-electron chi connectivity index (χ2n) is 5.26. The van der Waals surface area contributed by atoms with Crippen LogP contribution >= 0.6 is 0 Å². The molecule has 0 saturated carbocycles. The predicted molar refractivity (Wildman–Crippen MR) is 85.2 cm³/mol. The van der Waals surface area contributed by atoms with Crippen molar-refractivity contribution in [3.63, 3.8) is 0 Å². The molecule has 0 unspecified atom stereocenters. The first kappa shape index (κ1) is 16.5. The zero-order valence-corrected chi connectivity index (χ0v) is 12.5. The number of hydrogen-bond acceptors (Lipinski definition) is 1. The number of benzene rings is 1. The zero-order chi connectivity index (χ0) is 14.8. The van der Waals surface area contributed by atoms with Crippen molar-refractivity contribution in [1.29, 1.82) is 0 Å². The summed E-state index contributed by atoms with van der Waals surface area (Å²) in [6.07, 6.45) is 11.5. The first-order chi connectivity index (χ1) is 9.70. The fraction of sp³-hybridized carbons (Fsp3) is 0.500. The van der Waals surface area contributed by atoms with E-state index in [1.165, 1.54) is 38.5 Å². The number of carbonyl (C=O) groups is 1. The summed E-state index contributed by atoms with van der Waals surface area (Å²) in [7, 11) is 0. The molecular weight excluding hydrogens is 248 g/mol. The van der Waals surface area contributed by atoms with Crippen molar-refractivity contribution >= 4 is 12.0 Å². The number of aryl methyl sites for hydroxylation is 1. The van der Waals surface area contributed by atoms with Crippen LogP contribution in [0.5, 0.6) is 0 Å². The molecule has 0 saturated heterocycles. The van der Waals surface area contributed by atoms with Crippen LogP contribution in [0.25, 0.3) is 6.08 Å². The normalized spacial score (nSPS) is 10.4. The van der Waals surface area contributed by atoms with Crippen molar-refractivity contribution in [3.05, 3.63) is 41.5 Å². The highest BCUT2D eigenvalue weighted by atomic mass is 16.4. The van der Waals surface area contributed by atoms with Gasteiger partial charge in [-0.15, -0.1) is 0 Å². The topological polar surface area (TPSA) is 37.3 Å². The van der Waals surface area contributed by atoms with Gasteiger partial charge >= 0.3 is 5.97 Å². The minimum absolute atomic E-state index is 0.362. The Morgan fingerprint density at radius 3 is 2.40 bits per heavy atom. The quantitative estimate of drug-likeness (QED) is 0.586. The van der Waals surface area contributed by atoms with Crippen molar-refractivity contribution in [1.82, 2.24) is 0 Å². The van der Waals surface area contributed by atoms with Crippen LogP contribution in [-0.4, -0.2) is 11.1 Å². The maximum absolute atomic E-state index is 11.2. The molecule has 0 amide bonds. The molecule has 0 heterocycles. The van der Waals surface area contributed by atoms with E-state index in [0.29, 0.717) is 5.56 Å². The fourth-order valence-electron chi connectivity index (χ4n) is 2.53. The van der Waals surface area contributed by atoms with Crippen LogP contribution in [0.1, 0.15) is 73.4 Å². The second-order valence-corrected chi connectivity index (χ2v) is 5.26. The summed E-state index contributed by atoms with van der Waals surface area (Å²) in [5.74, 6) is -0.874. The van der Waals surface area contributed by atoms with Crippen molar-refractivity contribution in [3.8, 4) is 0 Å². The molecule has 1 N–H and O–H groups in total. The van der Waals surface area contributed by atoms with Crippen molar-refractivity contribution < 1.29 is 9.90 Å². The Bertz CT molecular complexity index is 435. The molecule has 0 aliphatic rings. The number of rotatable bonds is 10. The van der Waals surface area contributed by atoms with Gasteiger partial charge in [-0.25, -0.2) is 4.79 Å². The van der Waals surface area contributed by atoms with E-state index in [9.17, 15) is 4.79 Å². The van der Waals surface area contributed by atoms with E-state index < -0.39 is 5.97 Å². The average molecular weight is 274 g/mol. The Morgan fingerprint density at radius 1 is 1.15 bits per heavy atom. The number of hydrogen-bond donors (Lipinski definition) is 1. The lowest BCUT2D eigenvalue weighted by Crippen LogP contribution is -2.02. The third-order valence-corrected chi connectivity index (χ3v) is 3.68. The summed E-state index contributed by atoms with van der Waals surface area (Å²) in [6, 6.07) is 5.49. The van der Waals surface area contributed by atoms with E-state index in [1.54, 1.807) is 12.1 Å². The van der Waals surface area contributed by atoms with Gasteiger partial charge in [-0.05, 0) is 30.0 Å². The lowest BCUT2D eigenvalue weighted by atomic mass is 9.96. The zero-order valence-electron chi connectivity index (χ0n) is 12.5. The Labute approximate surface area is 122 Å². The van der Waals surface area contributed by atoms with Gasteiger partial charge in [-0.2, -0.15) is 0 Å². The first-order valence-electron chi connectivity index (χ1n) is 7.68. The molecule has 2 heteroatoms. The van der Waals surface area contributed by atoms with E-state index in [4.69, 9.17) is 5.11 Å². The van der Waals surface area contributed by atoms with Crippen LogP contribution in [0.15, 0.2) is 24.8 Å². The summed E-state index contributed by atoms with van der Waals surface area (Å²) < 4.78 is 0. The second kappa shape index (κ2) is 9.35. The Morgan fingerprint density at radius 2 is 1.80 bits per heavy atom. The van der Waals surface area contributed by atoms with Crippen molar-refractivity contribution in [2.45, 2.75) is 58.3 Å². The molecule has 0 radical (unpaired) electrons. The number of carboxylic acid groups (broad SMARTS) is 1. The molecule has 0 aliphatic carbocycles. The minimum atomic E-state index is -0.874. The maximum Gasteiger partial charge on any atom is 0.336 e. The molecule has 110 valence electrons. The first-order valence-corrected chi connectivity index (χ1v) is 7.68. The highest BCUT2D eigenvalue weighted by Crippen LogP contribution is 2.19. The van der Waals surface area contributed by atoms with Gasteiger partial charge in [0.15, 0.2) is 0 Å². The predicted octanol–water partition coefficient (Wildman–Crippen LogP) is 5.32. The Kier molecular flexibility index (Phi) is 7.71. The van der Waals surface area contributed by atoms with E-state index in [-0.39, 0.29) is 0 Å². The molecule has 1 rings (SSSR count). The maximum atomic E-state index is 11.2. The van der Waals surface area contributed by atoms with Crippen LogP contribution in [0.2, 0.25) is 0 Å². The van der Waals surface area contributed by atoms with E-state index in [1.807, 2.05) is 12.1 Å². The Balaban J connectivity index is 2.46. The third kappa shape index (κ3) is 5.20. The monoisotopic (exact) mass is 274 g/mol. The van der Waals surface area contributed by atoms with Crippen LogP contribution in [0, 0.1) is 0 Å². The molecule has 1 aromatic rings. The van der Waals surface area contributed by atoms with E-state index in [2.05, 4.69) is 13.5 Å². The number of aromatic carboxylic acids is 1. The summed E-state index contributed by atoms with van der Waals surface area (Å²) in [6.45, 7) is 5.98. The molecular formula is C18H26O2. The van der Waals surface area contributed by atoms with Crippen LogP contribution in [-0.2, 0) is 6.42 Å². The molecule has 0 atom stereocenters. The fourth-order valence-corrected chi connectivity index (χ4v) is 2.53. The minimum Gasteiger partial charge on any atom is -0.478 e. The van der Waals surface area contributed by atoms with Gasteiger partial charge in [0.1, 0.15) is 0 Å². The van der Waals surface area contributed by atoms with Crippen LogP contribution in [0.4, 0.5) is 0 Å². The highest BCUT2D eigenvalue weighted by molar-refractivity contribution is 5.92. The van der Waals surface area contributed by atoms with Gasteiger partial charge in [-0.1, -0.05) is 70.2 Å². The van der Waals surface area contributed by atoms with Gasteiger partial charge in [0.05, 0.1) is 5.56 Å². The van der Waals surface area contributed by atoms with Gasteiger partial charge in [0, 0.05) is 0 Å². The lowest BCUT2D eigenvalue weighted by molar-refractivity contribution is 0.0696. The lowest BCUT2D eigenvalue weighted by Gasteiger charge is -2.09. The summed E-state index contributed by atoms with van der Waals surface area (Å²) in [5.41, 5.74) is 2.25. The standard InChI is InChI=1S/C18H26O2/c1-3-5-6-7-8-9-10-12-15-13-11-14-17(18(19)20)16(15)4-2/h4,11,13-14H,2-3,5-10,12H2,1H3,(H,19,20). The highest BCUT2D eigenvalue weighted by Gasteiger charge is 2.10. The molecule has 2 nitrogen and oxygen atoms in total. The molecule has 0 spiro atoms. The van der Waals surface area contributed by atoms with Gasteiger partial charge in [-0.3, -0.25) is 0 Å². The largest absolute Gasteiger partial charge is 0.478 e. The summed E-state index contributed by atoms with van der Waals surface area (Å²) in [5, 5.41) is 9.17. The summed E-state index contributed by atoms with van der Waals surface area (Å²) in [4.78, 5) is 11.2. The van der Waals surface area contributed by atoms with Crippen molar-refractivity contribution in [2.75, 3.05) is 0 Å². The molecule has 0 fully saturated rings. The average Bonchev–Trinajstić information content (AvgIpc) is 2.45.